The Bertz CT molecular complexity index is 668. The Labute approximate surface area is 143 Å². The summed E-state index contributed by atoms with van der Waals surface area (Å²) in [5.41, 5.74) is 2.24. The predicted molar refractivity (Wildman–Crippen MR) is 95.5 cm³/mol. The molecule has 0 amide bonds. The number of benzene rings is 1. The molecule has 24 heavy (non-hydrogen) atoms. The van der Waals surface area contributed by atoms with E-state index in [1.807, 2.05) is 19.1 Å². The molecule has 1 aromatic carbocycles. The molecular formula is C18H25N5O. The van der Waals surface area contributed by atoms with Crippen molar-refractivity contribution in [3.05, 3.63) is 30.1 Å². The quantitative estimate of drug-likeness (QED) is 0.909. The average Bonchev–Trinajstić information content (AvgIpc) is 2.91. The number of aromatic nitrogens is 3. The summed E-state index contributed by atoms with van der Waals surface area (Å²) in [5.74, 6) is 2.39. The van der Waals surface area contributed by atoms with Gasteiger partial charge in [0.1, 0.15) is 12.1 Å². The van der Waals surface area contributed by atoms with E-state index >= 15 is 0 Å². The number of rotatable bonds is 5. The van der Waals surface area contributed by atoms with Crippen molar-refractivity contribution in [3.8, 4) is 17.1 Å². The standard InChI is InChI=1S/C18H25N5O/c1-3-14-12-15(24-4-2)6-7-16(14)17-20-13-21-18(22-17)23-10-5-8-19-9-11-23/h6-7,12-13,19H,3-5,8-11H2,1-2H3. The number of aryl methyl sites for hydroxylation is 1. The first-order chi connectivity index (χ1) is 11.8. The molecule has 1 N–H and O–H groups in total. The lowest BCUT2D eigenvalue weighted by atomic mass is 10.0. The number of hydrogen-bond acceptors (Lipinski definition) is 6. The third-order valence-corrected chi connectivity index (χ3v) is 4.19. The maximum absolute atomic E-state index is 5.60. The van der Waals surface area contributed by atoms with E-state index in [2.05, 4.69) is 33.2 Å². The SMILES string of the molecule is CCOc1ccc(-c2ncnc(N3CCCNCC3)n2)c(CC)c1. The molecular weight excluding hydrogens is 302 g/mol. The van der Waals surface area contributed by atoms with Crippen LogP contribution in [0.25, 0.3) is 11.4 Å². The molecule has 6 nitrogen and oxygen atoms in total. The average molecular weight is 327 g/mol. The number of hydrogen-bond donors (Lipinski definition) is 1. The van der Waals surface area contributed by atoms with Gasteiger partial charge in [-0.15, -0.1) is 0 Å². The van der Waals surface area contributed by atoms with Gasteiger partial charge in [0.15, 0.2) is 5.82 Å². The van der Waals surface area contributed by atoms with Crippen LogP contribution < -0.4 is 15.0 Å². The van der Waals surface area contributed by atoms with E-state index in [0.29, 0.717) is 6.61 Å². The second-order valence-corrected chi connectivity index (χ2v) is 5.81. The lowest BCUT2D eigenvalue weighted by molar-refractivity contribution is 0.340. The molecule has 1 aliphatic heterocycles. The molecule has 0 radical (unpaired) electrons. The predicted octanol–water partition coefficient (Wildman–Crippen LogP) is 2.30. The van der Waals surface area contributed by atoms with Gasteiger partial charge in [-0.1, -0.05) is 6.92 Å². The van der Waals surface area contributed by atoms with Crippen molar-refractivity contribution in [3.63, 3.8) is 0 Å². The van der Waals surface area contributed by atoms with Gasteiger partial charge < -0.3 is 15.0 Å². The van der Waals surface area contributed by atoms with E-state index in [4.69, 9.17) is 9.72 Å². The Morgan fingerprint density at radius 3 is 2.92 bits per heavy atom. The van der Waals surface area contributed by atoms with Crippen LogP contribution in [-0.2, 0) is 6.42 Å². The third-order valence-electron chi connectivity index (χ3n) is 4.19. The van der Waals surface area contributed by atoms with Crippen molar-refractivity contribution in [2.45, 2.75) is 26.7 Å². The first-order valence-electron chi connectivity index (χ1n) is 8.72. The van der Waals surface area contributed by atoms with Gasteiger partial charge in [0.25, 0.3) is 0 Å². The van der Waals surface area contributed by atoms with Crippen LogP contribution >= 0.6 is 0 Å². The Balaban J connectivity index is 1.90. The van der Waals surface area contributed by atoms with Crippen LogP contribution in [0.2, 0.25) is 0 Å². The van der Waals surface area contributed by atoms with Crippen molar-refractivity contribution < 1.29 is 4.74 Å². The van der Waals surface area contributed by atoms with Gasteiger partial charge in [-0.3, -0.25) is 0 Å². The summed E-state index contributed by atoms with van der Waals surface area (Å²) in [7, 11) is 0. The molecule has 0 bridgehead atoms. The zero-order chi connectivity index (χ0) is 16.8. The monoisotopic (exact) mass is 327 g/mol. The van der Waals surface area contributed by atoms with E-state index in [1.165, 1.54) is 5.56 Å². The summed E-state index contributed by atoms with van der Waals surface area (Å²) >= 11 is 0. The fourth-order valence-corrected chi connectivity index (χ4v) is 2.95. The van der Waals surface area contributed by atoms with Crippen molar-refractivity contribution in [1.82, 2.24) is 20.3 Å². The van der Waals surface area contributed by atoms with Crippen LogP contribution in [0.3, 0.4) is 0 Å². The smallest absolute Gasteiger partial charge is 0.228 e. The number of nitrogens with one attached hydrogen (secondary N) is 1. The molecule has 0 aliphatic carbocycles. The minimum atomic E-state index is 0.668. The number of anilines is 1. The second-order valence-electron chi connectivity index (χ2n) is 5.81. The number of ether oxygens (including phenoxy) is 1. The van der Waals surface area contributed by atoms with Crippen LogP contribution in [0.4, 0.5) is 5.95 Å². The molecule has 1 fully saturated rings. The highest BCUT2D eigenvalue weighted by Crippen LogP contribution is 2.26. The molecule has 0 saturated carbocycles. The summed E-state index contributed by atoms with van der Waals surface area (Å²) < 4.78 is 5.60. The zero-order valence-corrected chi connectivity index (χ0v) is 14.5. The molecule has 128 valence electrons. The van der Waals surface area contributed by atoms with Gasteiger partial charge in [0, 0.05) is 25.2 Å². The van der Waals surface area contributed by atoms with E-state index in [9.17, 15) is 0 Å². The van der Waals surface area contributed by atoms with Crippen LogP contribution in [0.1, 0.15) is 25.8 Å². The molecule has 0 spiro atoms. The topological polar surface area (TPSA) is 63.2 Å². The van der Waals surface area contributed by atoms with Crippen LogP contribution in [0, 0.1) is 0 Å². The Morgan fingerprint density at radius 1 is 1.17 bits per heavy atom. The van der Waals surface area contributed by atoms with Crippen molar-refractivity contribution >= 4 is 5.95 Å². The fraction of sp³-hybridized carbons (Fsp3) is 0.500. The van der Waals surface area contributed by atoms with Crippen molar-refractivity contribution in [2.75, 3.05) is 37.7 Å². The van der Waals surface area contributed by atoms with E-state index < -0.39 is 0 Å². The van der Waals surface area contributed by atoms with Gasteiger partial charge in [-0.25, -0.2) is 9.97 Å². The molecule has 0 unspecified atom stereocenters. The summed E-state index contributed by atoms with van der Waals surface area (Å²) in [5, 5.41) is 3.40. The molecule has 6 heteroatoms. The lowest BCUT2D eigenvalue weighted by Gasteiger charge is -2.20. The highest BCUT2D eigenvalue weighted by Gasteiger charge is 2.15. The minimum absolute atomic E-state index is 0.668. The maximum atomic E-state index is 5.60. The summed E-state index contributed by atoms with van der Waals surface area (Å²) in [6.07, 6.45) is 3.63. The van der Waals surface area contributed by atoms with Gasteiger partial charge in [-0.2, -0.15) is 4.98 Å². The highest BCUT2D eigenvalue weighted by molar-refractivity contribution is 5.62. The summed E-state index contributed by atoms with van der Waals surface area (Å²) in [6, 6.07) is 6.11. The Morgan fingerprint density at radius 2 is 2.08 bits per heavy atom. The van der Waals surface area contributed by atoms with Crippen LogP contribution in [0.15, 0.2) is 24.5 Å². The lowest BCUT2D eigenvalue weighted by Crippen LogP contribution is -2.29. The van der Waals surface area contributed by atoms with Gasteiger partial charge in [0.2, 0.25) is 5.95 Å². The maximum Gasteiger partial charge on any atom is 0.228 e. The van der Waals surface area contributed by atoms with Gasteiger partial charge in [-0.05, 0) is 50.1 Å². The third kappa shape index (κ3) is 3.82. The largest absolute Gasteiger partial charge is 0.494 e. The zero-order valence-electron chi connectivity index (χ0n) is 14.5. The summed E-state index contributed by atoms with van der Waals surface area (Å²) in [6.45, 7) is 8.71. The van der Waals surface area contributed by atoms with E-state index in [1.54, 1.807) is 6.33 Å². The Hall–Kier alpha value is -2.21. The molecule has 1 saturated heterocycles. The molecule has 1 aliphatic rings. The molecule has 3 rings (SSSR count). The minimum Gasteiger partial charge on any atom is -0.494 e. The molecule has 0 atom stereocenters. The first-order valence-corrected chi connectivity index (χ1v) is 8.72. The summed E-state index contributed by atoms with van der Waals surface area (Å²) in [4.78, 5) is 15.7. The molecule has 2 heterocycles. The van der Waals surface area contributed by atoms with Gasteiger partial charge >= 0.3 is 0 Å². The first kappa shape index (κ1) is 16.6. The normalized spacial score (nSPS) is 15.2. The van der Waals surface area contributed by atoms with Crippen LogP contribution in [0.5, 0.6) is 5.75 Å². The second kappa shape index (κ2) is 8.06. The molecule has 2 aromatic rings. The fourth-order valence-electron chi connectivity index (χ4n) is 2.95. The Kier molecular flexibility index (Phi) is 5.59. The van der Waals surface area contributed by atoms with E-state index in [0.717, 1.165) is 62.1 Å². The highest BCUT2D eigenvalue weighted by atomic mass is 16.5. The van der Waals surface area contributed by atoms with Crippen molar-refractivity contribution in [1.29, 1.82) is 0 Å². The van der Waals surface area contributed by atoms with Crippen molar-refractivity contribution in [2.24, 2.45) is 0 Å². The van der Waals surface area contributed by atoms with Gasteiger partial charge in [0.05, 0.1) is 6.61 Å². The number of nitrogens with zero attached hydrogens (tertiary/aromatic N) is 4. The van der Waals surface area contributed by atoms with E-state index in [-0.39, 0.29) is 0 Å². The van der Waals surface area contributed by atoms with Crippen LogP contribution in [-0.4, -0.2) is 47.7 Å². The molecule has 1 aromatic heterocycles.